The third-order valence-corrected chi connectivity index (χ3v) is 6.72. The molecule has 1 amide bonds. The van der Waals surface area contributed by atoms with Crippen LogP contribution in [0, 0.1) is 22.7 Å². The van der Waals surface area contributed by atoms with E-state index in [2.05, 4.69) is 39.5 Å². The molecule has 0 atom stereocenters. The molecule has 8 heteroatoms. The number of halogens is 1. The summed E-state index contributed by atoms with van der Waals surface area (Å²) in [4.78, 5) is 19.7. The molecule has 0 saturated heterocycles. The highest BCUT2D eigenvalue weighted by atomic mass is 35.5. The minimum absolute atomic E-state index is 0.233. The minimum Gasteiger partial charge on any atom is -0.333 e. The zero-order valence-electron chi connectivity index (χ0n) is 20.0. The van der Waals surface area contributed by atoms with Crippen LogP contribution in [0.4, 0.5) is 4.79 Å². The van der Waals surface area contributed by atoms with Gasteiger partial charge in [-0.25, -0.2) is 9.78 Å². The summed E-state index contributed by atoms with van der Waals surface area (Å²) in [5.74, 6) is 0. The Morgan fingerprint density at radius 2 is 1.86 bits per heavy atom. The molecule has 0 spiro atoms. The van der Waals surface area contributed by atoms with E-state index >= 15 is 0 Å². The van der Waals surface area contributed by atoms with Gasteiger partial charge in [0.05, 0.1) is 28.8 Å². The molecule has 1 aliphatic rings. The van der Waals surface area contributed by atoms with E-state index in [1.165, 1.54) is 0 Å². The molecule has 182 valence electrons. The largest absolute Gasteiger partial charge is 0.333 e. The normalized spacial score (nSPS) is 13.3. The van der Waals surface area contributed by atoms with Gasteiger partial charge < -0.3 is 5.32 Å². The Kier molecular flexibility index (Phi) is 7.00. The van der Waals surface area contributed by atoms with Crippen molar-refractivity contribution in [2.45, 2.75) is 19.5 Å². The van der Waals surface area contributed by atoms with Crippen LogP contribution in [0.1, 0.15) is 33.5 Å². The Labute approximate surface area is 219 Å². The molecular formula is C29H23ClN6O. The number of hydrogen-bond donors (Lipinski definition) is 1. The second-order valence-corrected chi connectivity index (χ2v) is 9.26. The highest BCUT2D eigenvalue weighted by Crippen LogP contribution is 2.31. The third-order valence-electron chi connectivity index (χ3n) is 6.51. The molecule has 0 fully saturated rings. The maximum absolute atomic E-state index is 13.4. The van der Waals surface area contributed by atoms with Gasteiger partial charge in [0.25, 0.3) is 0 Å². The molecule has 0 aliphatic carbocycles. The van der Waals surface area contributed by atoms with Gasteiger partial charge in [0.15, 0.2) is 0 Å². The first-order valence-corrected chi connectivity index (χ1v) is 12.3. The minimum atomic E-state index is -0.233. The molecule has 0 unspecified atom stereocenters. The predicted molar refractivity (Wildman–Crippen MR) is 143 cm³/mol. The summed E-state index contributed by atoms with van der Waals surface area (Å²) >= 11 is 5.98. The van der Waals surface area contributed by atoms with E-state index in [0.717, 1.165) is 46.4 Å². The van der Waals surface area contributed by atoms with Gasteiger partial charge in [-0.3, -0.25) is 9.47 Å². The summed E-state index contributed by atoms with van der Waals surface area (Å²) < 4.78 is 1.72. The standard InChI is InChI=1S/C29H23ClN6O/c30-28-15-23(9-11-33-28)18-34-29(37)36-26-10-13-35(12-1-2-20-3-5-21(16-31)6-4-20)19-25(26)24-8-7-22(17-32)14-27(24)36/h1-9,11,14-15H,10,12-13,18-19H2,(H,34,37)/b2-1+. The molecule has 0 radical (unpaired) electrons. The number of aromatic nitrogens is 2. The molecule has 0 bridgehead atoms. The summed E-state index contributed by atoms with van der Waals surface area (Å²) in [6.07, 6.45) is 6.50. The Balaban J connectivity index is 1.38. The molecule has 7 nitrogen and oxygen atoms in total. The zero-order valence-corrected chi connectivity index (χ0v) is 20.7. The average molecular weight is 507 g/mol. The lowest BCUT2D eigenvalue weighted by molar-refractivity contribution is 0.240. The van der Waals surface area contributed by atoms with E-state index in [1.54, 1.807) is 29.0 Å². The molecule has 4 aromatic rings. The molecule has 37 heavy (non-hydrogen) atoms. The predicted octanol–water partition coefficient (Wildman–Crippen LogP) is 5.26. The number of amides is 1. The summed E-state index contributed by atoms with van der Waals surface area (Å²) in [5, 5.41) is 22.8. The molecule has 5 rings (SSSR count). The number of nitriles is 2. The van der Waals surface area contributed by atoms with Crippen molar-refractivity contribution in [2.75, 3.05) is 13.1 Å². The number of nitrogens with one attached hydrogen (secondary N) is 1. The van der Waals surface area contributed by atoms with Gasteiger partial charge in [-0.2, -0.15) is 10.5 Å². The Bertz CT molecular complexity index is 1590. The van der Waals surface area contributed by atoms with Gasteiger partial charge in [-0.15, -0.1) is 0 Å². The molecule has 1 aliphatic heterocycles. The maximum atomic E-state index is 13.4. The van der Waals surface area contributed by atoms with E-state index < -0.39 is 0 Å². The average Bonchev–Trinajstić information content (AvgIpc) is 3.25. The fourth-order valence-corrected chi connectivity index (χ4v) is 4.88. The van der Waals surface area contributed by atoms with Gasteiger partial charge >= 0.3 is 6.03 Å². The van der Waals surface area contributed by atoms with Crippen molar-refractivity contribution in [3.05, 3.63) is 106 Å². The number of carbonyl (C=O) groups is 1. The van der Waals surface area contributed by atoms with E-state index in [-0.39, 0.29) is 6.03 Å². The smallest absolute Gasteiger partial charge is 0.326 e. The van der Waals surface area contributed by atoms with Crippen LogP contribution in [0.25, 0.3) is 17.0 Å². The molecule has 0 saturated carbocycles. The van der Waals surface area contributed by atoms with Crippen molar-refractivity contribution in [3.63, 3.8) is 0 Å². The quantitative estimate of drug-likeness (QED) is 0.372. The van der Waals surface area contributed by atoms with Crippen molar-refractivity contribution in [2.24, 2.45) is 0 Å². The number of fused-ring (bicyclic) bond motifs is 3. The van der Waals surface area contributed by atoms with Crippen LogP contribution < -0.4 is 5.32 Å². The van der Waals surface area contributed by atoms with Gasteiger partial charge in [0.2, 0.25) is 0 Å². The van der Waals surface area contributed by atoms with Crippen molar-refractivity contribution >= 4 is 34.6 Å². The van der Waals surface area contributed by atoms with E-state index in [0.29, 0.717) is 35.8 Å². The van der Waals surface area contributed by atoms with Crippen LogP contribution in [0.15, 0.2) is 66.9 Å². The first kappa shape index (κ1) is 24.3. The molecule has 1 N–H and O–H groups in total. The molecule has 2 aromatic carbocycles. The molecular weight excluding hydrogens is 484 g/mol. The number of nitrogens with zero attached hydrogens (tertiary/aromatic N) is 5. The summed E-state index contributed by atoms with van der Waals surface area (Å²) in [7, 11) is 0. The van der Waals surface area contributed by atoms with Crippen molar-refractivity contribution in [3.8, 4) is 12.1 Å². The third kappa shape index (κ3) is 5.24. The molecule has 2 aromatic heterocycles. The second-order valence-electron chi connectivity index (χ2n) is 8.87. The number of hydrogen-bond acceptors (Lipinski definition) is 5. The lowest BCUT2D eigenvalue weighted by Crippen LogP contribution is -2.34. The summed E-state index contributed by atoms with van der Waals surface area (Å²) in [6, 6.07) is 20.6. The van der Waals surface area contributed by atoms with E-state index in [4.69, 9.17) is 16.9 Å². The lowest BCUT2D eigenvalue weighted by atomic mass is 10.0. The Hall–Kier alpha value is -4.43. The van der Waals surface area contributed by atoms with Crippen LogP contribution >= 0.6 is 11.6 Å². The summed E-state index contributed by atoms with van der Waals surface area (Å²) in [5.41, 5.74) is 5.89. The summed E-state index contributed by atoms with van der Waals surface area (Å²) in [6.45, 7) is 2.59. The van der Waals surface area contributed by atoms with Crippen LogP contribution in [0.2, 0.25) is 5.15 Å². The first-order chi connectivity index (χ1) is 18.1. The Morgan fingerprint density at radius 3 is 2.62 bits per heavy atom. The second kappa shape index (κ2) is 10.7. The van der Waals surface area contributed by atoms with Gasteiger partial charge in [0, 0.05) is 49.9 Å². The Morgan fingerprint density at radius 1 is 1.08 bits per heavy atom. The molecule has 3 heterocycles. The van der Waals surface area contributed by atoms with Gasteiger partial charge in [0.1, 0.15) is 5.15 Å². The lowest BCUT2D eigenvalue weighted by Gasteiger charge is -2.27. The van der Waals surface area contributed by atoms with Gasteiger partial charge in [-0.1, -0.05) is 42.0 Å². The van der Waals surface area contributed by atoms with Crippen LogP contribution in [-0.2, 0) is 19.5 Å². The van der Waals surface area contributed by atoms with E-state index in [9.17, 15) is 10.1 Å². The van der Waals surface area contributed by atoms with Gasteiger partial charge in [-0.05, 0) is 53.1 Å². The fraction of sp³-hybridized carbons (Fsp3) is 0.172. The zero-order chi connectivity index (χ0) is 25.8. The topological polar surface area (TPSA) is 97.7 Å². The van der Waals surface area contributed by atoms with Crippen LogP contribution in [-0.4, -0.2) is 33.6 Å². The fourth-order valence-electron chi connectivity index (χ4n) is 4.69. The van der Waals surface area contributed by atoms with E-state index in [1.807, 2.05) is 36.4 Å². The van der Waals surface area contributed by atoms with Crippen LogP contribution in [0.5, 0.6) is 0 Å². The van der Waals surface area contributed by atoms with Crippen molar-refractivity contribution < 1.29 is 4.79 Å². The SMILES string of the molecule is N#Cc1ccc(/C=C/CN2CCc3c(c4ccc(C#N)cc4n3C(=O)NCc3ccnc(Cl)c3)C2)cc1. The van der Waals surface area contributed by atoms with Crippen LogP contribution in [0.3, 0.4) is 0 Å². The number of carbonyl (C=O) groups excluding carboxylic acids is 1. The first-order valence-electron chi connectivity index (χ1n) is 11.9. The maximum Gasteiger partial charge on any atom is 0.326 e. The number of rotatable bonds is 5. The highest BCUT2D eigenvalue weighted by Gasteiger charge is 2.26. The van der Waals surface area contributed by atoms with Crippen molar-refractivity contribution in [1.82, 2.24) is 19.8 Å². The number of benzene rings is 2. The van der Waals surface area contributed by atoms with Crippen molar-refractivity contribution in [1.29, 1.82) is 10.5 Å². The highest BCUT2D eigenvalue weighted by molar-refractivity contribution is 6.29. The number of pyridine rings is 1. The monoisotopic (exact) mass is 506 g/mol.